The second kappa shape index (κ2) is 6.35. The molecule has 1 aromatic carbocycles. The average molecular weight is 354 g/mol. The van der Waals surface area contributed by atoms with Crippen molar-refractivity contribution in [2.45, 2.75) is 6.92 Å². The number of phenolic OH excluding ortho intramolecular Hbond substituents is 1. The second-order valence-corrected chi connectivity index (χ2v) is 4.92. The Morgan fingerprint density at radius 3 is 2.90 bits per heavy atom. The van der Waals surface area contributed by atoms with Crippen LogP contribution in [0.25, 0.3) is 0 Å². The lowest BCUT2D eigenvalue weighted by atomic mass is 10.2. The Bertz CT molecular complexity index is 744. The van der Waals surface area contributed by atoms with Crippen LogP contribution in [0.3, 0.4) is 0 Å². The summed E-state index contributed by atoms with van der Waals surface area (Å²) in [5.41, 5.74) is 2.86. The highest BCUT2D eigenvalue weighted by atomic mass is 79.9. The van der Waals surface area contributed by atoms with E-state index >= 15 is 0 Å². The van der Waals surface area contributed by atoms with E-state index < -0.39 is 0 Å². The summed E-state index contributed by atoms with van der Waals surface area (Å²) in [6, 6.07) is 3.29. The first-order chi connectivity index (χ1) is 10.0. The molecule has 0 spiro atoms. The highest BCUT2D eigenvalue weighted by Gasteiger charge is 2.08. The molecule has 1 aromatic heterocycles. The number of aromatic nitrogens is 3. The molecule has 0 radical (unpaired) electrons. The highest BCUT2D eigenvalue weighted by molar-refractivity contribution is 9.10. The largest absolute Gasteiger partial charge is 0.504 e. The van der Waals surface area contributed by atoms with E-state index in [-0.39, 0.29) is 23.0 Å². The number of H-pyrrole nitrogens is 1. The fourth-order valence-corrected chi connectivity index (χ4v) is 1.91. The standard InChI is InChI=1S/C12H12BrN5O3/c1-6-11(20)15-12(18-16-6)17-14-5-7-3-8(13)4-9(21-2)10(7)19/h3-5,19H,1-2H3,(H2,15,17,18,20)/b14-5-. The minimum absolute atomic E-state index is 0.0465. The Morgan fingerprint density at radius 1 is 1.48 bits per heavy atom. The third-order valence-corrected chi connectivity index (χ3v) is 2.98. The second-order valence-electron chi connectivity index (χ2n) is 4.00. The van der Waals surface area contributed by atoms with Crippen LogP contribution in [0, 0.1) is 6.92 Å². The maximum atomic E-state index is 11.3. The number of halogens is 1. The maximum absolute atomic E-state index is 11.3. The molecule has 0 unspecified atom stereocenters. The Kier molecular flexibility index (Phi) is 4.53. The summed E-state index contributed by atoms with van der Waals surface area (Å²) in [4.78, 5) is 13.8. The molecule has 0 saturated heterocycles. The van der Waals surface area contributed by atoms with Crippen molar-refractivity contribution in [1.82, 2.24) is 15.2 Å². The summed E-state index contributed by atoms with van der Waals surface area (Å²) in [6.45, 7) is 1.55. The number of hydrogen-bond acceptors (Lipinski definition) is 7. The van der Waals surface area contributed by atoms with Gasteiger partial charge < -0.3 is 9.84 Å². The van der Waals surface area contributed by atoms with Crippen molar-refractivity contribution in [3.8, 4) is 11.5 Å². The third kappa shape index (κ3) is 3.57. The fraction of sp³-hybridized carbons (Fsp3) is 0.167. The van der Waals surface area contributed by atoms with E-state index in [0.717, 1.165) is 4.47 Å². The van der Waals surface area contributed by atoms with Gasteiger partial charge in [0.2, 0.25) is 5.95 Å². The van der Waals surface area contributed by atoms with Gasteiger partial charge >= 0.3 is 0 Å². The number of aromatic hydroxyl groups is 1. The van der Waals surface area contributed by atoms with E-state index in [2.05, 4.69) is 41.6 Å². The number of nitrogens with one attached hydrogen (secondary N) is 2. The van der Waals surface area contributed by atoms with E-state index in [1.54, 1.807) is 19.1 Å². The number of hydrogen-bond donors (Lipinski definition) is 3. The van der Waals surface area contributed by atoms with Crippen molar-refractivity contribution >= 4 is 28.1 Å². The molecular formula is C12H12BrN5O3. The quantitative estimate of drug-likeness (QED) is 0.565. The van der Waals surface area contributed by atoms with Crippen molar-refractivity contribution in [2.24, 2.45) is 5.10 Å². The summed E-state index contributed by atoms with van der Waals surface area (Å²) < 4.78 is 5.75. The summed E-state index contributed by atoms with van der Waals surface area (Å²) in [5.74, 6) is 0.368. The van der Waals surface area contributed by atoms with E-state index in [4.69, 9.17) is 4.74 Å². The van der Waals surface area contributed by atoms with Crippen LogP contribution in [0.15, 0.2) is 26.5 Å². The van der Waals surface area contributed by atoms with Crippen LogP contribution >= 0.6 is 15.9 Å². The Morgan fingerprint density at radius 2 is 2.24 bits per heavy atom. The molecule has 3 N–H and O–H groups in total. The van der Waals surface area contributed by atoms with Crippen LogP contribution in [-0.4, -0.2) is 33.6 Å². The summed E-state index contributed by atoms with van der Waals surface area (Å²) in [5, 5.41) is 21.2. The van der Waals surface area contributed by atoms with Crippen LogP contribution in [0.1, 0.15) is 11.3 Å². The Balaban J connectivity index is 2.20. The predicted octanol–water partition coefficient (Wildman–Crippen LogP) is 1.40. The van der Waals surface area contributed by atoms with E-state index in [1.165, 1.54) is 13.3 Å². The Labute approximate surface area is 128 Å². The third-order valence-electron chi connectivity index (χ3n) is 2.52. The monoisotopic (exact) mass is 353 g/mol. The number of benzene rings is 1. The molecule has 1 heterocycles. The van der Waals surface area contributed by atoms with Gasteiger partial charge in [0.15, 0.2) is 11.5 Å². The number of hydrazone groups is 1. The molecule has 0 aliphatic carbocycles. The van der Waals surface area contributed by atoms with E-state index in [0.29, 0.717) is 11.3 Å². The molecule has 0 saturated carbocycles. The average Bonchev–Trinajstić information content (AvgIpc) is 2.46. The van der Waals surface area contributed by atoms with Gasteiger partial charge in [0.25, 0.3) is 5.56 Å². The normalized spacial score (nSPS) is 10.8. The number of aryl methyl sites for hydroxylation is 1. The van der Waals surface area contributed by atoms with Crippen molar-refractivity contribution in [2.75, 3.05) is 12.5 Å². The van der Waals surface area contributed by atoms with Gasteiger partial charge in [-0.25, -0.2) is 5.43 Å². The summed E-state index contributed by atoms with van der Waals surface area (Å²) in [6.07, 6.45) is 1.36. The molecule has 110 valence electrons. The van der Waals surface area contributed by atoms with Crippen LogP contribution in [0.2, 0.25) is 0 Å². The smallest absolute Gasteiger partial charge is 0.274 e. The Hall–Kier alpha value is -2.42. The van der Waals surface area contributed by atoms with Gasteiger partial charge in [0.05, 0.1) is 13.3 Å². The first-order valence-electron chi connectivity index (χ1n) is 5.80. The molecule has 0 bridgehead atoms. The van der Waals surface area contributed by atoms with Gasteiger partial charge in [-0.15, -0.1) is 10.2 Å². The molecule has 0 fully saturated rings. The number of aromatic amines is 1. The van der Waals surface area contributed by atoms with Gasteiger partial charge in [0.1, 0.15) is 5.69 Å². The predicted molar refractivity (Wildman–Crippen MR) is 81.0 cm³/mol. The number of methoxy groups -OCH3 is 1. The van der Waals surface area contributed by atoms with E-state index in [9.17, 15) is 9.90 Å². The van der Waals surface area contributed by atoms with Gasteiger partial charge in [-0.3, -0.25) is 9.78 Å². The molecule has 0 amide bonds. The lowest BCUT2D eigenvalue weighted by molar-refractivity contribution is 0.373. The van der Waals surface area contributed by atoms with Crippen molar-refractivity contribution in [1.29, 1.82) is 0 Å². The molecule has 0 aliphatic heterocycles. The number of anilines is 1. The van der Waals surface area contributed by atoms with Crippen molar-refractivity contribution in [3.05, 3.63) is 38.2 Å². The van der Waals surface area contributed by atoms with Gasteiger partial charge in [0, 0.05) is 10.0 Å². The maximum Gasteiger partial charge on any atom is 0.274 e. The molecule has 8 nitrogen and oxygen atoms in total. The molecular weight excluding hydrogens is 342 g/mol. The van der Waals surface area contributed by atoms with Crippen LogP contribution < -0.4 is 15.7 Å². The number of ether oxygens (including phenoxy) is 1. The van der Waals surface area contributed by atoms with Crippen LogP contribution in [-0.2, 0) is 0 Å². The number of rotatable bonds is 4. The van der Waals surface area contributed by atoms with Gasteiger partial charge in [-0.05, 0) is 19.1 Å². The first kappa shape index (κ1) is 15.0. The highest BCUT2D eigenvalue weighted by Crippen LogP contribution is 2.32. The number of nitrogens with zero attached hydrogens (tertiary/aromatic N) is 3. The lowest BCUT2D eigenvalue weighted by Crippen LogP contribution is -2.15. The first-order valence-corrected chi connectivity index (χ1v) is 6.59. The van der Waals surface area contributed by atoms with Crippen molar-refractivity contribution < 1.29 is 9.84 Å². The summed E-state index contributed by atoms with van der Waals surface area (Å²) in [7, 11) is 1.45. The van der Waals surface area contributed by atoms with Crippen molar-refractivity contribution in [3.63, 3.8) is 0 Å². The van der Waals surface area contributed by atoms with Crippen LogP contribution in [0.4, 0.5) is 5.95 Å². The molecule has 21 heavy (non-hydrogen) atoms. The lowest BCUT2D eigenvalue weighted by Gasteiger charge is -2.06. The zero-order chi connectivity index (χ0) is 15.4. The SMILES string of the molecule is COc1cc(Br)cc(/C=N\Nc2nnc(C)c(=O)[nH]2)c1O. The minimum atomic E-state index is -0.352. The summed E-state index contributed by atoms with van der Waals surface area (Å²) >= 11 is 3.30. The topological polar surface area (TPSA) is 112 Å². The zero-order valence-electron chi connectivity index (χ0n) is 11.2. The molecule has 2 aromatic rings. The van der Waals surface area contributed by atoms with E-state index in [1.807, 2.05) is 0 Å². The van der Waals surface area contributed by atoms with Crippen LogP contribution in [0.5, 0.6) is 11.5 Å². The fourth-order valence-electron chi connectivity index (χ4n) is 1.46. The zero-order valence-corrected chi connectivity index (χ0v) is 12.8. The minimum Gasteiger partial charge on any atom is -0.504 e. The molecule has 0 aliphatic rings. The molecule has 9 heteroatoms. The number of phenols is 1. The van der Waals surface area contributed by atoms with Gasteiger partial charge in [-0.1, -0.05) is 15.9 Å². The molecule has 2 rings (SSSR count). The molecule has 0 atom stereocenters. The van der Waals surface area contributed by atoms with Gasteiger partial charge in [-0.2, -0.15) is 5.10 Å².